The van der Waals surface area contributed by atoms with E-state index < -0.39 is 20.0 Å². The Hall–Kier alpha value is -2.19. The summed E-state index contributed by atoms with van der Waals surface area (Å²) in [5.41, 5.74) is 22.4. The van der Waals surface area contributed by atoms with E-state index in [1.165, 1.54) is 95.9 Å². The second-order valence-electron chi connectivity index (χ2n) is 24.1. The summed E-state index contributed by atoms with van der Waals surface area (Å²) in [6.07, 6.45) is 16.8. The van der Waals surface area contributed by atoms with Gasteiger partial charge in [-0.1, -0.05) is 0 Å². The van der Waals surface area contributed by atoms with Crippen LogP contribution in [0.15, 0.2) is 83.9 Å². The van der Waals surface area contributed by atoms with Crippen molar-refractivity contribution in [3.05, 3.63) is 128 Å². The normalized spacial score (nSPS) is 20.9. The van der Waals surface area contributed by atoms with Gasteiger partial charge in [-0.25, -0.2) is 0 Å². The van der Waals surface area contributed by atoms with Crippen molar-refractivity contribution in [2.24, 2.45) is 11.8 Å². The summed E-state index contributed by atoms with van der Waals surface area (Å²) >= 11 is -3.17. The van der Waals surface area contributed by atoms with Gasteiger partial charge in [-0.2, -0.15) is 0 Å². The fourth-order valence-electron chi connectivity index (χ4n) is 12.0. The molecule has 0 N–H and O–H groups in total. The van der Waals surface area contributed by atoms with E-state index in [9.17, 15) is 0 Å². The van der Waals surface area contributed by atoms with Crippen LogP contribution in [0.4, 0.5) is 0 Å². The first-order valence-electron chi connectivity index (χ1n) is 23.8. The number of hydrogen-bond acceptors (Lipinski definition) is 0. The van der Waals surface area contributed by atoms with Crippen LogP contribution in [0.1, 0.15) is 186 Å². The maximum atomic E-state index is 2.82. The Kier molecular flexibility index (Phi) is 12.8. The average Bonchev–Trinajstić information content (AvgIpc) is 3.70. The molecule has 4 aliphatic carbocycles. The van der Waals surface area contributed by atoms with Gasteiger partial charge in [0.25, 0.3) is 0 Å². The first kappa shape index (κ1) is 46.8. The molecule has 2 saturated carbocycles. The first-order valence-corrected chi connectivity index (χ1v) is 33.0. The third-order valence-corrected chi connectivity index (χ3v) is 34.6. The molecule has 2 atom stereocenters. The number of benzene rings is 4. The summed E-state index contributed by atoms with van der Waals surface area (Å²) < 4.78 is 4.50. The molecular weight excluding hydrogens is 946 g/mol. The van der Waals surface area contributed by atoms with Crippen molar-refractivity contribution in [2.75, 3.05) is 0 Å². The van der Waals surface area contributed by atoms with Crippen molar-refractivity contribution in [3.8, 4) is 22.3 Å². The summed E-state index contributed by atoms with van der Waals surface area (Å²) in [5, 5.41) is 0. The van der Waals surface area contributed by atoms with Gasteiger partial charge in [0.2, 0.25) is 0 Å². The molecule has 4 aromatic carbocycles. The molecule has 0 amide bonds. The van der Waals surface area contributed by atoms with Crippen LogP contribution in [0, 0.1) is 11.8 Å². The van der Waals surface area contributed by atoms with Crippen molar-refractivity contribution in [1.82, 2.24) is 0 Å². The minimum absolute atomic E-state index is 0. The van der Waals surface area contributed by atoms with E-state index in [4.69, 9.17) is 0 Å². The average molecular weight is 1020 g/mol. The number of allylic oxidation sites excluding steroid dienone is 2. The Morgan fingerprint density at radius 3 is 1.02 bits per heavy atom. The predicted octanol–water partition coefficient (Wildman–Crippen LogP) is 11.2. The Labute approximate surface area is 388 Å². The number of rotatable bonds is 6. The van der Waals surface area contributed by atoms with Gasteiger partial charge in [0, 0.05) is 0 Å². The standard InChI is InChI=1S/2C28H35.C2H4.2ClH.Hf/c2*1-27(2,3)23-15-22(16-24(18-23)28(4,5)6)25-13-9-12-20-14-21(17-26(20)25)19-10-7-8-11-19;1-2;;;/h2*9,12-19H,7-8,10-11H2,1-6H3;1-2H2;2*1H;/q;;;;;+2/p-2. The van der Waals surface area contributed by atoms with Gasteiger partial charge in [-0.3, -0.25) is 0 Å². The first-order chi connectivity index (χ1) is 27.7. The summed E-state index contributed by atoms with van der Waals surface area (Å²) in [7, 11) is 0. The molecule has 4 aromatic rings. The maximum Gasteiger partial charge on any atom is -1.00 e. The van der Waals surface area contributed by atoms with Crippen LogP contribution in [-0.4, -0.2) is 0 Å². The Morgan fingerprint density at radius 2 is 0.738 bits per heavy atom. The third kappa shape index (κ3) is 8.59. The molecule has 61 heavy (non-hydrogen) atoms. The second kappa shape index (κ2) is 16.7. The smallest absolute Gasteiger partial charge is 1.00 e. The molecule has 0 spiro atoms. The molecule has 1 aliphatic heterocycles. The molecule has 1 saturated heterocycles. The second-order valence-corrected chi connectivity index (χ2v) is 40.7. The van der Waals surface area contributed by atoms with E-state index in [1.807, 2.05) is 11.1 Å². The molecule has 0 nitrogen and oxygen atoms in total. The van der Waals surface area contributed by atoms with Crippen molar-refractivity contribution in [1.29, 1.82) is 0 Å². The zero-order valence-electron chi connectivity index (χ0n) is 39.7. The third-order valence-electron chi connectivity index (χ3n) is 15.8. The van der Waals surface area contributed by atoms with E-state index in [1.54, 1.807) is 30.6 Å². The van der Waals surface area contributed by atoms with Crippen molar-refractivity contribution < 1.29 is 44.8 Å². The van der Waals surface area contributed by atoms with Gasteiger partial charge < -0.3 is 24.8 Å². The number of halogens is 2. The summed E-state index contributed by atoms with van der Waals surface area (Å²) in [6.45, 7) is 28.7. The zero-order valence-corrected chi connectivity index (χ0v) is 44.8. The fraction of sp³-hybridized carbons (Fsp3) is 0.517. The predicted molar refractivity (Wildman–Crippen MR) is 254 cm³/mol. The Morgan fingerprint density at radius 1 is 0.426 bits per heavy atom. The molecule has 0 radical (unpaired) electrons. The molecule has 3 heteroatoms. The molecule has 2 unspecified atom stereocenters. The molecule has 5 aliphatic rings. The molecule has 0 bridgehead atoms. The van der Waals surface area contributed by atoms with Crippen LogP contribution in [0.25, 0.3) is 34.4 Å². The fourth-order valence-corrected chi connectivity index (χ4v) is 40.2. The van der Waals surface area contributed by atoms with Crippen LogP contribution in [0.3, 0.4) is 0 Å². The summed E-state index contributed by atoms with van der Waals surface area (Å²) in [5.74, 6) is 1.51. The van der Waals surface area contributed by atoms with Crippen molar-refractivity contribution >= 4 is 12.2 Å². The monoisotopic (exact) mass is 1020 g/mol. The van der Waals surface area contributed by atoms with Crippen LogP contribution in [-0.2, 0) is 41.6 Å². The molecular formula is C58H74Cl2Hf. The van der Waals surface area contributed by atoms with Gasteiger partial charge in [0.15, 0.2) is 0 Å². The quantitative estimate of drug-likeness (QED) is 0.169. The molecule has 0 aromatic heterocycles. The van der Waals surface area contributed by atoms with Gasteiger partial charge in [-0.05, 0) is 0 Å². The van der Waals surface area contributed by atoms with E-state index in [0.717, 1.165) is 11.8 Å². The molecule has 324 valence electrons. The van der Waals surface area contributed by atoms with Gasteiger partial charge in [-0.15, -0.1) is 0 Å². The van der Waals surface area contributed by atoms with Gasteiger partial charge in [0.1, 0.15) is 0 Å². The van der Waals surface area contributed by atoms with Crippen LogP contribution in [0.2, 0.25) is 8.35 Å². The van der Waals surface area contributed by atoms with E-state index in [-0.39, 0.29) is 46.5 Å². The summed E-state index contributed by atoms with van der Waals surface area (Å²) in [4.78, 5) is 0. The van der Waals surface area contributed by atoms with Gasteiger partial charge >= 0.3 is 366 Å². The number of fused-ring (bicyclic) bond motifs is 2. The van der Waals surface area contributed by atoms with E-state index >= 15 is 0 Å². The van der Waals surface area contributed by atoms with Crippen LogP contribution >= 0.6 is 0 Å². The molecule has 3 fully saturated rings. The maximum absolute atomic E-state index is 3.17. The van der Waals surface area contributed by atoms with E-state index in [2.05, 4.69) is 168 Å². The van der Waals surface area contributed by atoms with Crippen LogP contribution in [0.5, 0.6) is 0 Å². The number of hydrogen-bond donors (Lipinski definition) is 0. The Balaban J connectivity index is 0.00000281. The largest absolute Gasteiger partial charge is 1.00 e. The topological polar surface area (TPSA) is 0 Å². The summed E-state index contributed by atoms with van der Waals surface area (Å²) in [6, 6.07) is 30.3. The molecule has 9 rings (SSSR count). The zero-order chi connectivity index (χ0) is 41.9. The van der Waals surface area contributed by atoms with Crippen molar-refractivity contribution in [3.63, 3.8) is 0 Å². The molecule has 1 heterocycles. The van der Waals surface area contributed by atoms with Gasteiger partial charge in [0.05, 0.1) is 0 Å². The Bertz CT molecular complexity index is 2120. The van der Waals surface area contributed by atoms with E-state index in [0.29, 0.717) is 7.35 Å². The SMILES string of the molecule is CC(C)(C)c1cc(-c2cccc3c2C=C(C2CCCC2)[CH]3[Hf+2]2([CH]3C(C4CCCC4)=Cc4c(-c5cc(C(C)(C)C)cc(C(C)(C)C)c5)cccc43)[CH2][CH2]2)cc(C(C)(C)C)c1.[Cl-].[Cl-]. The minimum atomic E-state index is -3.17. The minimum Gasteiger partial charge on any atom is -1.00 e. The van der Waals surface area contributed by atoms with Crippen LogP contribution < -0.4 is 24.8 Å². The van der Waals surface area contributed by atoms with Crippen molar-refractivity contribution in [2.45, 2.75) is 172 Å².